The minimum Gasteiger partial charge on any atom is -0.336 e. The first-order valence-corrected chi connectivity index (χ1v) is 16.4. The molecule has 0 fully saturated rings. The Bertz CT molecular complexity index is 1190. The zero-order chi connectivity index (χ0) is 27.3. The van der Waals surface area contributed by atoms with Crippen LogP contribution in [0.5, 0.6) is 0 Å². The Kier molecular flexibility index (Phi) is 12.2. The Hall–Kier alpha value is -2.36. The average molecular weight is 581 g/mol. The molecule has 3 aromatic carbocycles. The number of anilines is 2. The van der Waals surface area contributed by atoms with E-state index in [9.17, 15) is 4.79 Å². The van der Waals surface area contributed by atoms with Crippen LogP contribution in [-0.2, 0) is 27.6 Å². The van der Waals surface area contributed by atoms with E-state index in [0.29, 0.717) is 6.42 Å². The summed E-state index contributed by atoms with van der Waals surface area (Å²) in [4.78, 5) is 13.9. The standard InChI is InChI=1S/C31H37N3O2S3/c1-36-39-22-12-21-38-31(37-20-11-3-6-19-29(35)33-32)30-25-15-7-9-17-27(25)34(23-24-13-4-2-5-14-24)28-18-10-8-16-26(28)30/h2,4-5,7-10,13-18H,3,6,11-12,19-23,32H2,1H3,(H,33,35)/p+1. The summed E-state index contributed by atoms with van der Waals surface area (Å²) in [6.45, 7) is 0.824. The first-order valence-electron chi connectivity index (χ1n) is 13.4. The lowest BCUT2D eigenvalue weighted by atomic mass is 9.91. The van der Waals surface area contributed by atoms with E-state index in [-0.39, 0.29) is 5.91 Å². The van der Waals surface area contributed by atoms with Gasteiger partial charge in [0.2, 0.25) is 5.91 Å². The Morgan fingerprint density at radius 1 is 0.846 bits per heavy atom. The van der Waals surface area contributed by atoms with Crippen molar-refractivity contribution in [1.29, 1.82) is 0 Å². The monoisotopic (exact) mass is 580 g/mol. The summed E-state index contributed by atoms with van der Waals surface area (Å²) < 4.78 is 6.63. The van der Waals surface area contributed by atoms with Crippen molar-refractivity contribution in [1.82, 2.24) is 5.43 Å². The van der Waals surface area contributed by atoms with E-state index in [0.717, 1.165) is 61.5 Å². The number of carbonyl (C=O) groups excluding carboxylic acids is 1. The molecule has 3 N–H and O–H groups in total. The van der Waals surface area contributed by atoms with Crippen molar-refractivity contribution in [2.45, 2.75) is 38.6 Å². The third-order valence-corrected chi connectivity index (χ3v) is 9.90. The molecule has 0 saturated carbocycles. The molecular formula is C31H38N3O2S3+. The number of rotatable bonds is 15. The van der Waals surface area contributed by atoms with E-state index in [2.05, 4.69) is 89.2 Å². The van der Waals surface area contributed by atoms with E-state index >= 15 is 0 Å². The molecule has 1 aliphatic rings. The van der Waals surface area contributed by atoms with Crippen LogP contribution in [-0.4, -0.2) is 30.3 Å². The van der Waals surface area contributed by atoms with E-state index in [4.69, 9.17) is 10.0 Å². The maximum absolute atomic E-state index is 11.5. The van der Waals surface area contributed by atoms with Gasteiger partial charge >= 0.3 is 0 Å². The van der Waals surface area contributed by atoms with Crippen LogP contribution in [0.25, 0.3) is 5.57 Å². The van der Waals surface area contributed by atoms with Gasteiger partial charge in [-0.2, -0.15) is 4.18 Å². The molecule has 0 saturated heterocycles. The first kappa shape index (κ1) is 29.6. The maximum atomic E-state index is 11.5. The zero-order valence-electron chi connectivity index (χ0n) is 22.5. The highest BCUT2D eigenvalue weighted by molar-refractivity contribution is 8.22. The molecule has 39 heavy (non-hydrogen) atoms. The number of carbonyl (C=O) groups is 1. The SMILES string of the molecule is CO[SH+]CCCSC(SCCCCCC(=O)NN)=C1c2ccccc2N(Cc2ccccc2)c2ccccc21. The third-order valence-electron chi connectivity index (χ3n) is 6.51. The van der Waals surface area contributed by atoms with Gasteiger partial charge in [0.05, 0.1) is 7.11 Å². The fourth-order valence-electron chi connectivity index (χ4n) is 4.64. The number of hydrogen-bond acceptors (Lipinski definition) is 6. The lowest BCUT2D eigenvalue weighted by Crippen LogP contribution is -2.29. The van der Waals surface area contributed by atoms with Crippen LogP contribution in [0.1, 0.15) is 48.8 Å². The van der Waals surface area contributed by atoms with Crippen molar-refractivity contribution < 1.29 is 8.98 Å². The molecular weight excluding hydrogens is 543 g/mol. The van der Waals surface area contributed by atoms with Crippen LogP contribution in [0.15, 0.2) is 83.1 Å². The van der Waals surface area contributed by atoms with Crippen LogP contribution in [0.2, 0.25) is 0 Å². The van der Waals surface area contributed by atoms with Gasteiger partial charge in [0.15, 0.2) is 0 Å². The van der Waals surface area contributed by atoms with E-state index < -0.39 is 0 Å². The highest BCUT2D eigenvalue weighted by Gasteiger charge is 2.28. The van der Waals surface area contributed by atoms with Gasteiger partial charge in [-0.1, -0.05) is 73.2 Å². The van der Waals surface area contributed by atoms with Gasteiger partial charge in [0.25, 0.3) is 0 Å². The number of nitrogens with zero attached hydrogens (tertiary/aromatic N) is 1. The number of nitrogens with two attached hydrogens (primary N) is 1. The first-order chi connectivity index (χ1) is 19.2. The fourth-order valence-corrected chi connectivity index (χ4v) is 7.90. The zero-order valence-corrected chi connectivity index (χ0v) is 25.0. The smallest absolute Gasteiger partial charge is 0.233 e. The number of para-hydroxylation sites is 2. The minimum atomic E-state index is -0.0909. The van der Waals surface area contributed by atoms with Gasteiger partial charge in [-0.15, -0.1) is 23.5 Å². The number of thioether (sulfide) groups is 2. The van der Waals surface area contributed by atoms with E-state index in [1.165, 1.54) is 37.9 Å². The number of amides is 1. The summed E-state index contributed by atoms with van der Waals surface area (Å²) in [5.41, 5.74) is 9.93. The van der Waals surface area contributed by atoms with Gasteiger partial charge in [-0.05, 0) is 36.3 Å². The van der Waals surface area contributed by atoms with Crippen LogP contribution < -0.4 is 16.2 Å². The lowest BCUT2D eigenvalue weighted by Gasteiger charge is -2.35. The molecule has 1 amide bonds. The Morgan fingerprint density at radius 2 is 1.46 bits per heavy atom. The minimum absolute atomic E-state index is 0.0909. The lowest BCUT2D eigenvalue weighted by molar-refractivity contribution is -0.121. The van der Waals surface area contributed by atoms with Crippen molar-refractivity contribution in [3.63, 3.8) is 0 Å². The number of thiol groups is 1. The number of hydrogen-bond donors (Lipinski definition) is 2. The Labute approximate surface area is 245 Å². The molecule has 0 aliphatic carbocycles. The summed E-state index contributed by atoms with van der Waals surface area (Å²) >= 11 is 4.96. The van der Waals surface area contributed by atoms with Crippen molar-refractivity contribution >= 4 is 58.4 Å². The van der Waals surface area contributed by atoms with Gasteiger partial charge in [-0.3, -0.25) is 10.2 Å². The van der Waals surface area contributed by atoms with Crippen LogP contribution in [0, 0.1) is 0 Å². The van der Waals surface area contributed by atoms with Crippen LogP contribution >= 0.6 is 23.5 Å². The summed E-state index contributed by atoms with van der Waals surface area (Å²) in [6.07, 6.45) is 4.53. The molecule has 206 valence electrons. The van der Waals surface area contributed by atoms with Gasteiger partial charge in [-0.25, -0.2) is 5.84 Å². The van der Waals surface area contributed by atoms with Gasteiger partial charge in [0.1, 0.15) is 17.8 Å². The van der Waals surface area contributed by atoms with Crippen molar-refractivity contribution in [3.8, 4) is 0 Å². The highest BCUT2D eigenvalue weighted by atomic mass is 32.2. The van der Waals surface area contributed by atoms with Gasteiger partial charge < -0.3 is 4.90 Å². The summed E-state index contributed by atoms with van der Waals surface area (Å²) in [5, 5.41) is 0. The number of hydrazine groups is 1. The average Bonchev–Trinajstić information content (AvgIpc) is 2.98. The van der Waals surface area contributed by atoms with Crippen molar-refractivity contribution in [3.05, 3.63) is 99.8 Å². The quantitative estimate of drug-likeness (QED) is 0.0513. The predicted octanol–water partition coefficient (Wildman–Crippen LogP) is 6.84. The third kappa shape index (κ3) is 8.32. The maximum Gasteiger partial charge on any atom is 0.233 e. The predicted molar refractivity (Wildman–Crippen MR) is 172 cm³/mol. The van der Waals surface area contributed by atoms with E-state index in [1.807, 2.05) is 23.5 Å². The van der Waals surface area contributed by atoms with Crippen molar-refractivity contribution in [2.75, 3.05) is 29.3 Å². The molecule has 0 spiro atoms. The molecule has 0 bridgehead atoms. The molecule has 0 radical (unpaired) electrons. The number of fused-ring (bicyclic) bond motifs is 2. The molecule has 0 atom stereocenters. The molecule has 0 aromatic heterocycles. The fraction of sp³-hybridized carbons (Fsp3) is 0.323. The topological polar surface area (TPSA) is 67.6 Å². The second-order valence-corrected chi connectivity index (χ2v) is 12.8. The largest absolute Gasteiger partial charge is 0.336 e. The van der Waals surface area contributed by atoms with E-state index in [1.54, 1.807) is 7.11 Å². The van der Waals surface area contributed by atoms with Gasteiger partial charge in [0, 0.05) is 57.5 Å². The molecule has 1 heterocycles. The van der Waals surface area contributed by atoms with Crippen LogP contribution in [0.4, 0.5) is 11.4 Å². The molecule has 3 aromatic rings. The molecule has 5 nitrogen and oxygen atoms in total. The second kappa shape index (κ2) is 16.0. The number of benzene rings is 3. The number of unbranched alkanes of at least 4 members (excludes halogenated alkanes) is 2. The van der Waals surface area contributed by atoms with Crippen LogP contribution in [0.3, 0.4) is 0 Å². The molecule has 1 aliphatic heterocycles. The second-order valence-electron chi connectivity index (χ2n) is 9.23. The number of nitrogens with one attached hydrogen (secondary N) is 1. The highest BCUT2D eigenvalue weighted by Crippen LogP contribution is 2.50. The molecule has 0 unspecified atom stereocenters. The Balaban J connectivity index is 1.64. The normalized spacial score (nSPS) is 12.2. The summed E-state index contributed by atoms with van der Waals surface area (Å²) in [7, 11) is 1.76. The Morgan fingerprint density at radius 3 is 2.10 bits per heavy atom. The summed E-state index contributed by atoms with van der Waals surface area (Å²) in [6, 6.07) is 28.3. The summed E-state index contributed by atoms with van der Waals surface area (Å²) in [5.74, 6) is 8.24. The molecule has 8 heteroatoms. The molecule has 4 rings (SSSR count). The van der Waals surface area contributed by atoms with Crippen molar-refractivity contribution in [2.24, 2.45) is 5.84 Å².